The first kappa shape index (κ1) is 25.8. The minimum atomic E-state index is -4.62. The molecule has 0 bridgehead atoms. The van der Waals surface area contributed by atoms with Crippen molar-refractivity contribution in [3.8, 4) is 11.5 Å². The third kappa shape index (κ3) is 6.40. The van der Waals surface area contributed by atoms with Gasteiger partial charge in [-0.2, -0.15) is 13.2 Å². The Labute approximate surface area is 200 Å². The van der Waals surface area contributed by atoms with Gasteiger partial charge in [0.1, 0.15) is 17.3 Å². The summed E-state index contributed by atoms with van der Waals surface area (Å²) in [4.78, 5) is 5.20. The Morgan fingerprint density at radius 3 is 2.37 bits per heavy atom. The number of pyridine rings is 1. The van der Waals surface area contributed by atoms with Crippen molar-refractivity contribution in [2.24, 2.45) is 5.73 Å². The quantitative estimate of drug-likeness (QED) is 0.217. The van der Waals surface area contributed by atoms with Gasteiger partial charge in [0.25, 0.3) is 0 Å². The van der Waals surface area contributed by atoms with Gasteiger partial charge in [-0.1, -0.05) is 6.07 Å². The summed E-state index contributed by atoms with van der Waals surface area (Å²) in [6, 6.07) is 12.8. The lowest BCUT2D eigenvalue weighted by Crippen LogP contribution is -2.21. The van der Waals surface area contributed by atoms with E-state index in [0.29, 0.717) is 23.6 Å². The van der Waals surface area contributed by atoms with Gasteiger partial charge in [-0.25, -0.2) is 9.37 Å². The van der Waals surface area contributed by atoms with Crippen molar-refractivity contribution in [3.05, 3.63) is 77.4 Å². The minimum Gasteiger partial charge on any atom is -0.494 e. The van der Waals surface area contributed by atoms with Gasteiger partial charge < -0.3 is 20.1 Å². The molecule has 0 saturated heterocycles. The maximum absolute atomic E-state index is 15.7. The van der Waals surface area contributed by atoms with Gasteiger partial charge in [-0.15, -0.1) is 0 Å². The van der Waals surface area contributed by atoms with Crippen molar-refractivity contribution in [2.45, 2.75) is 39.6 Å². The molecule has 186 valence electrons. The zero-order valence-corrected chi connectivity index (χ0v) is 19.5. The minimum absolute atomic E-state index is 0.0291. The lowest BCUT2D eigenvalue weighted by molar-refractivity contribution is -0.141. The van der Waals surface area contributed by atoms with Crippen LogP contribution < -0.4 is 20.1 Å². The largest absolute Gasteiger partial charge is 0.494 e. The molecule has 6 nitrogen and oxygen atoms in total. The van der Waals surface area contributed by atoms with Gasteiger partial charge in [-0.3, -0.25) is 5.41 Å². The van der Waals surface area contributed by atoms with Gasteiger partial charge in [0.05, 0.1) is 30.6 Å². The van der Waals surface area contributed by atoms with Crippen LogP contribution in [-0.4, -0.2) is 23.5 Å². The Bertz CT molecular complexity index is 1180. The number of hydrogen-bond donors (Lipinski definition) is 2. The average Bonchev–Trinajstić information content (AvgIpc) is 2.79. The summed E-state index contributed by atoms with van der Waals surface area (Å²) in [5.74, 6) is -0.574. The van der Waals surface area contributed by atoms with E-state index in [1.807, 2.05) is 0 Å². The summed E-state index contributed by atoms with van der Waals surface area (Å²) < 4.78 is 66.7. The topological polar surface area (TPSA) is 84.5 Å². The molecule has 3 N–H and O–H groups in total. The molecule has 35 heavy (non-hydrogen) atoms. The van der Waals surface area contributed by atoms with Crippen molar-refractivity contribution in [2.75, 3.05) is 11.5 Å². The third-order valence-electron chi connectivity index (χ3n) is 4.87. The molecule has 2 aromatic carbocycles. The molecule has 3 aromatic rings. The van der Waals surface area contributed by atoms with E-state index in [9.17, 15) is 13.2 Å². The number of benzene rings is 2. The second kappa shape index (κ2) is 10.6. The fourth-order valence-corrected chi connectivity index (χ4v) is 3.37. The standard InChI is InChI=1S/C25H26F4N4O2/c1-4-34-19-12-20(23(26)21(13-19)35-15(2)3)33(18-10-8-16(9-11-18)24(30)31)14-17-6-5-7-22(32-17)25(27,28)29/h5-13,15H,4,14H2,1-3H3,(H3,30,31). The van der Waals surface area contributed by atoms with Gasteiger partial charge in [0.15, 0.2) is 11.6 Å². The van der Waals surface area contributed by atoms with E-state index >= 15 is 4.39 Å². The number of hydrogen-bond acceptors (Lipinski definition) is 5. The van der Waals surface area contributed by atoms with Crippen molar-refractivity contribution < 1.29 is 27.0 Å². The number of rotatable bonds is 9. The van der Waals surface area contributed by atoms with Crippen LogP contribution >= 0.6 is 0 Å². The molecule has 0 fully saturated rings. The maximum atomic E-state index is 15.7. The van der Waals surface area contributed by atoms with Crippen LogP contribution in [0.4, 0.5) is 28.9 Å². The van der Waals surface area contributed by atoms with Gasteiger partial charge in [-0.05, 0) is 57.2 Å². The number of nitrogen functional groups attached to an aromatic ring is 1. The molecule has 10 heteroatoms. The van der Waals surface area contributed by atoms with Gasteiger partial charge in [0, 0.05) is 23.4 Å². The smallest absolute Gasteiger partial charge is 0.433 e. The first-order valence-corrected chi connectivity index (χ1v) is 10.9. The molecule has 0 atom stereocenters. The molecule has 0 aliphatic rings. The van der Waals surface area contributed by atoms with Gasteiger partial charge >= 0.3 is 6.18 Å². The summed E-state index contributed by atoms with van der Waals surface area (Å²) in [6.07, 6.45) is -4.95. The summed E-state index contributed by atoms with van der Waals surface area (Å²) in [5, 5.41) is 7.59. The molecular weight excluding hydrogens is 464 g/mol. The van der Waals surface area contributed by atoms with E-state index < -0.39 is 17.7 Å². The lowest BCUT2D eigenvalue weighted by atomic mass is 10.1. The predicted octanol–water partition coefficient (Wildman–Crippen LogP) is 6.05. The molecule has 0 spiro atoms. The predicted molar refractivity (Wildman–Crippen MR) is 126 cm³/mol. The van der Waals surface area contributed by atoms with Crippen molar-refractivity contribution >= 4 is 17.2 Å². The second-order valence-corrected chi connectivity index (χ2v) is 7.91. The number of nitrogens with zero attached hydrogens (tertiary/aromatic N) is 2. The summed E-state index contributed by atoms with van der Waals surface area (Å²) >= 11 is 0. The van der Waals surface area contributed by atoms with E-state index in [1.54, 1.807) is 45.0 Å². The molecule has 0 unspecified atom stereocenters. The van der Waals surface area contributed by atoms with Crippen molar-refractivity contribution in [3.63, 3.8) is 0 Å². The molecule has 0 amide bonds. The number of halogens is 4. The van der Waals surface area contributed by atoms with E-state index in [0.717, 1.165) is 6.07 Å². The molecule has 0 saturated carbocycles. The van der Waals surface area contributed by atoms with Crippen LogP contribution in [-0.2, 0) is 12.7 Å². The van der Waals surface area contributed by atoms with E-state index in [1.165, 1.54) is 29.2 Å². The molecule has 1 heterocycles. The number of nitrogens with one attached hydrogen (secondary N) is 1. The average molecular weight is 491 g/mol. The number of ether oxygens (including phenoxy) is 2. The number of amidine groups is 1. The highest BCUT2D eigenvalue weighted by Gasteiger charge is 2.32. The molecular formula is C25H26F4N4O2. The molecule has 0 aliphatic heterocycles. The molecule has 0 aliphatic carbocycles. The Hall–Kier alpha value is -3.82. The SMILES string of the molecule is CCOc1cc(OC(C)C)c(F)c(N(Cc2cccc(C(F)(F)F)n2)c2ccc(C(=N)N)cc2)c1. The van der Waals surface area contributed by atoms with Crippen LogP contribution in [0.25, 0.3) is 0 Å². The third-order valence-corrected chi connectivity index (χ3v) is 4.87. The van der Waals surface area contributed by atoms with E-state index in [2.05, 4.69) is 4.98 Å². The monoisotopic (exact) mass is 490 g/mol. The van der Waals surface area contributed by atoms with Crippen molar-refractivity contribution in [1.29, 1.82) is 5.41 Å². The fraction of sp³-hybridized carbons (Fsp3) is 0.280. The van der Waals surface area contributed by atoms with Crippen LogP contribution in [0, 0.1) is 11.2 Å². The number of anilines is 2. The molecule has 3 rings (SSSR count). The highest BCUT2D eigenvalue weighted by Crippen LogP contribution is 2.38. The Kier molecular flexibility index (Phi) is 7.83. The molecule has 0 radical (unpaired) electrons. The van der Waals surface area contributed by atoms with Crippen LogP contribution in [0.15, 0.2) is 54.6 Å². The number of aromatic nitrogens is 1. The lowest BCUT2D eigenvalue weighted by Gasteiger charge is -2.27. The molecule has 1 aromatic heterocycles. The first-order valence-electron chi connectivity index (χ1n) is 10.9. The highest BCUT2D eigenvalue weighted by molar-refractivity contribution is 5.95. The van der Waals surface area contributed by atoms with Crippen LogP contribution in [0.2, 0.25) is 0 Å². The van der Waals surface area contributed by atoms with Crippen LogP contribution in [0.1, 0.15) is 37.7 Å². The second-order valence-electron chi connectivity index (χ2n) is 7.91. The summed E-state index contributed by atoms with van der Waals surface area (Å²) in [5.41, 5.74) is 5.47. The summed E-state index contributed by atoms with van der Waals surface area (Å²) in [6.45, 7) is 5.40. The van der Waals surface area contributed by atoms with Crippen molar-refractivity contribution in [1.82, 2.24) is 4.98 Å². The zero-order chi connectivity index (χ0) is 25.8. The van der Waals surface area contributed by atoms with E-state index in [4.69, 9.17) is 20.6 Å². The zero-order valence-electron chi connectivity index (χ0n) is 19.5. The van der Waals surface area contributed by atoms with Crippen LogP contribution in [0.3, 0.4) is 0 Å². The van der Waals surface area contributed by atoms with E-state index in [-0.39, 0.29) is 35.6 Å². The normalized spacial score (nSPS) is 11.4. The Morgan fingerprint density at radius 1 is 1.11 bits per heavy atom. The fourth-order valence-electron chi connectivity index (χ4n) is 3.37. The highest BCUT2D eigenvalue weighted by atomic mass is 19.4. The number of alkyl halides is 3. The maximum Gasteiger partial charge on any atom is 0.433 e. The van der Waals surface area contributed by atoms with Crippen LogP contribution in [0.5, 0.6) is 11.5 Å². The summed E-state index contributed by atoms with van der Waals surface area (Å²) in [7, 11) is 0. The number of nitrogens with two attached hydrogens (primary N) is 1. The first-order chi connectivity index (χ1) is 16.5. The van der Waals surface area contributed by atoms with Gasteiger partial charge in [0.2, 0.25) is 0 Å². The Balaban J connectivity index is 2.16. The Morgan fingerprint density at radius 2 is 1.80 bits per heavy atom.